The second-order valence-corrected chi connectivity index (χ2v) is 11.5. The van der Waals surface area contributed by atoms with Gasteiger partial charge in [0.2, 0.25) is 10.0 Å². The number of rotatable bonds is 9. The molecule has 2 atom stereocenters. The maximum Gasteiger partial charge on any atom is 0.305 e. The van der Waals surface area contributed by atoms with Gasteiger partial charge in [0.1, 0.15) is 0 Å². The highest BCUT2D eigenvalue weighted by Gasteiger charge is 2.47. The van der Waals surface area contributed by atoms with Crippen molar-refractivity contribution < 1.29 is 32.8 Å². The Balaban J connectivity index is 1.75. The Bertz CT molecular complexity index is 1620. The second kappa shape index (κ2) is 12.2. The number of benzene rings is 2. The molecule has 1 aliphatic rings. The predicted molar refractivity (Wildman–Crippen MR) is 146 cm³/mol. The van der Waals surface area contributed by atoms with Crippen molar-refractivity contribution in [1.29, 1.82) is 0 Å². The summed E-state index contributed by atoms with van der Waals surface area (Å²) in [5, 5.41) is 23.3. The zero-order valence-electron chi connectivity index (χ0n) is 20.9. The van der Waals surface area contributed by atoms with Gasteiger partial charge < -0.3 is 15.3 Å². The van der Waals surface area contributed by atoms with Gasteiger partial charge in [0.15, 0.2) is 6.17 Å². The topological polar surface area (TPSA) is 180 Å². The average Bonchev–Trinajstić information content (AvgIpc) is 3.40. The van der Waals surface area contributed by atoms with E-state index in [-0.39, 0.29) is 44.8 Å². The molecule has 2 heterocycles. The summed E-state index contributed by atoms with van der Waals surface area (Å²) in [5.41, 5.74) is -0.113. The molecule has 1 aliphatic heterocycles. The molecular formula is C25H21Cl2N5O8S. The number of non-ortho nitro benzene ring substituents is 1. The Kier molecular flexibility index (Phi) is 8.87. The molecule has 0 aliphatic carbocycles. The van der Waals surface area contributed by atoms with E-state index in [4.69, 9.17) is 23.2 Å². The first-order valence-electron chi connectivity index (χ1n) is 11.8. The third kappa shape index (κ3) is 6.46. The summed E-state index contributed by atoms with van der Waals surface area (Å²) >= 11 is 12.0. The van der Waals surface area contributed by atoms with E-state index in [2.05, 4.69) is 10.3 Å². The highest BCUT2D eigenvalue weighted by atomic mass is 35.5. The fourth-order valence-electron chi connectivity index (χ4n) is 4.30. The van der Waals surface area contributed by atoms with E-state index in [0.717, 1.165) is 21.3 Å². The molecule has 2 N–H and O–H groups in total. The molecule has 13 nitrogen and oxygen atoms in total. The van der Waals surface area contributed by atoms with Crippen LogP contribution in [0.4, 0.5) is 5.69 Å². The third-order valence-electron chi connectivity index (χ3n) is 6.23. The molecule has 0 saturated carbocycles. The van der Waals surface area contributed by atoms with E-state index >= 15 is 0 Å². The minimum Gasteiger partial charge on any atom is -0.481 e. The zero-order chi connectivity index (χ0) is 29.9. The van der Waals surface area contributed by atoms with Crippen molar-refractivity contribution in [3.8, 4) is 0 Å². The van der Waals surface area contributed by atoms with Crippen LogP contribution < -0.4 is 5.32 Å². The molecule has 4 rings (SSSR count). The van der Waals surface area contributed by atoms with Gasteiger partial charge in [0, 0.05) is 43.2 Å². The maximum atomic E-state index is 13.8. The number of aromatic nitrogens is 1. The highest BCUT2D eigenvalue weighted by molar-refractivity contribution is 7.89. The van der Waals surface area contributed by atoms with Crippen LogP contribution in [0.5, 0.6) is 0 Å². The lowest BCUT2D eigenvalue weighted by molar-refractivity contribution is -0.384. The van der Waals surface area contributed by atoms with Crippen LogP contribution in [0.2, 0.25) is 10.0 Å². The van der Waals surface area contributed by atoms with Gasteiger partial charge in [0.05, 0.1) is 32.3 Å². The number of nitrogens with one attached hydrogen (secondary N) is 1. The number of amides is 2. The van der Waals surface area contributed by atoms with Gasteiger partial charge in [0.25, 0.3) is 17.5 Å². The van der Waals surface area contributed by atoms with Gasteiger partial charge in [-0.25, -0.2) is 8.42 Å². The van der Waals surface area contributed by atoms with Crippen LogP contribution in [0, 0.1) is 10.1 Å². The van der Waals surface area contributed by atoms with Crippen LogP contribution in [0.15, 0.2) is 71.9 Å². The van der Waals surface area contributed by atoms with Crippen LogP contribution in [0.25, 0.3) is 0 Å². The van der Waals surface area contributed by atoms with Crippen LogP contribution >= 0.6 is 23.2 Å². The van der Waals surface area contributed by atoms with Crippen molar-refractivity contribution in [3.63, 3.8) is 0 Å². The van der Waals surface area contributed by atoms with E-state index in [1.54, 1.807) is 0 Å². The zero-order valence-corrected chi connectivity index (χ0v) is 23.2. The lowest BCUT2D eigenvalue weighted by Crippen LogP contribution is -2.54. The SMILES string of the molecule is O=C(O)CC(NC(=O)C1N(C(=O)c2ccncc2)CCN1S(=O)(=O)c1ccc(Cl)c(Cl)c1)c1cccc([N+](=O)[O-])c1. The van der Waals surface area contributed by atoms with Crippen LogP contribution in [0.3, 0.4) is 0 Å². The smallest absolute Gasteiger partial charge is 0.305 e. The summed E-state index contributed by atoms with van der Waals surface area (Å²) in [6, 6.07) is 10.1. The largest absolute Gasteiger partial charge is 0.481 e. The van der Waals surface area contributed by atoms with Crippen molar-refractivity contribution in [2.45, 2.75) is 23.5 Å². The normalized spacial score (nSPS) is 16.2. The standard InChI is InChI=1S/C25H21Cl2N5O8S/c26-19-5-4-18(13-20(19)27)41(39,40)31-11-10-30(25(36)15-6-8-28-9-7-15)24(31)23(35)29-21(14-22(33)34)16-2-1-3-17(12-16)32(37)38/h1-9,12-13,21,24H,10-11,14H2,(H,29,35)(H,33,34). The molecule has 0 radical (unpaired) electrons. The number of pyridine rings is 1. The van der Waals surface area contributed by atoms with Crippen molar-refractivity contribution in [3.05, 3.63) is 98.3 Å². The van der Waals surface area contributed by atoms with Crippen LogP contribution in [-0.2, 0) is 19.6 Å². The first kappa shape index (κ1) is 29.9. The number of carboxylic acids is 1. The molecule has 2 aromatic carbocycles. The fourth-order valence-corrected chi connectivity index (χ4v) is 6.24. The number of sulfonamides is 1. The van der Waals surface area contributed by atoms with Gasteiger partial charge in [-0.2, -0.15) is 4.31 Å². The summed E-state index contributed by atoms with van der Waals surface area (Å²) in [5.74, 6) is -3.03. The Morgan fingerprint density at radius 1 is 1.07 bits per heavy atom. The molecule has 2 amide bonds. The molecule has 2 unspecified atom stereocenters. The van der Waals surface area contributed by atoms with Gasteiger partial charge in [-0.3, -0.25) is 29.5 Å². The van der Waals surface area contributed by atoms with Crippen molar-refractivity contribution in [2.24, 2.45) is 0 Å². The number of nitrogens with zero attached hydrogens (tertiary/aromatic N) is 4. The average molecular weight is 622 g/mol. The molecule has 16 heteroatoms. The van der Waals surface area contributed by atoms with E-state index in [0.29, 0.717) is 0 Å². The van der Waals surface area contributed by atoms with Gasteiger partial charge in [-0.05, 0) is 35.9 Å². The summed E-state index contributed by atoms with van der Waals surface area (Å²) in [7, 11) is -4.44. The first-order chi connectivity index (χ1) is 19.4. The van der Waals surface area contributed by atoms with Crippen molar-refractivity contribution in [2.75, 3.05) is 13.1 Å². The molecule has 0 spiro atoms. The predicted octanol–water partition coefficient (Wildman–Crippen LogP) is 3.10. The number of halogens is 2. The number of carbonyl (C=O) groups is 3. The summed E-state index contributed by atoms with van der Waals surface area (Å²) in [6.07, 6.45) is 0.282. The Morgan fingerprint density at radius 2 is 1.78 bits per heavy atom. The number of aliphatic carboxylic acids is 1. The molecule has 1 saturated heterocycles. The first-order valence-corrected chi connectivity index (χ1v) is 14.0. The minimum absolute atomic E-state index is 0.0511. The summed E-state index contributed by atoms with van der Waals surface area (Å²) in [4.78, 5) is 54.0. The quantitative estimate of drug-likeness (QED) is 0.268. The van der Waals surface area contributed by atoms with Gasteiger partial charge in [-0.1, -0.05) is 35.3 Å². The molecular weight excluding hydrogens is 601 g/mol. The van der Waals surface area contributed by atoms with Crippen LogP contribution in [-0.4, -0.2) is 69.7 Å². The monoisotopic (exact) mass is 621 g/mol. The number of carboxylic acid groups (broad SMARTS) is 1. The molecule has 3 aromatic rings. The van der Waals surface area contributed by atoms with Gasteiger partial charge >= 0.3 is 5.97 Å². The van der Waals surface area contributed by atoms with E-state index in [9.17, 15) is 38.0 Å². The minimum atomic E-state index is -4.44. The van der Waals surface area contributed by atoms with Crippen LogP contribution in [0.1, 0.15) is 28.4 Å². The summed E-state index contributed by atoms with van der Waals surface area (Å²) in [6.45, 7) is -0.460. The highest BCUT2D eigenvalue weighted by Crippen LogP contribution is 2.31. The number of carbonyl (C=O) groups excluding carboxylic acids is 2. The number of hydrogen-bond donors (Lipinski definition) is 2. The molecule has 41 heavy (non-hydrogen) atoms. The van der Waals surface area contributed by atoms with E-state index in [1.165, 1.54) is 54.9 Å². The third-order valence-corrected chi connectivity index (χ3v) is 8.82. The lowest BCUT2D eigenvalue weighted by atomic mass is 10.0. The fraction of sp³-hybridized carbons (Fsp3) is 0.200. The van der Waals surface area contributed by atoms with Gasteiger partial charge in [-0.15, -0.1) is 0 Å². The van der Waals surface area contributed by atoms with E-state index in [1.807, 2.05) is 0 Å². The second-order valence-electron chi connectivity index (χ2n) is 8.81. The molecule has 0 bridgehead atoms. The Morgan fingerprint density at radius 3 is 2.41 bits per heavy atom. The molecule has 1 aromatic heterocycles. The Labute approximate surface area is 243 Å². The number of nitro benzene ring substituents is 1. The molecule has 214 valence electrons. The summed E-state index contributed by atoms with van der Waals surface area (Å²) < 4.78 is 28.2. The number of hydrogen-bond acceptors (Lipinski definition) is 8. The number of nitro groups is 1. The Hall–Kier alpha value is -4.11. The molecule has 1 fully saturated rings. The lowest BCUT2D eigenvalue weighted by Gasteiger charge is -2.30. The van der Waals surface area contributed by atoms with Crippen molar-refractivity contribution >= 4 is 56.7 Å². The maximum absolute atomic E-state index is 13.8. The van der Waals surface area contributed by atoms with E-state index < -0.39 is 51.4 Å². The van der Waals surface area contributed by atoms with Crippen molar-refractivity contribution in [1.82, 2.24) is 19.5 Å².